The maximum atomic E-state index is 4.86. The maximum Gasteiger partial charge on any atom is 0.163 e. The molecule has 8 nitrogen and oxygen atoms in total. The number of aromatic nitrogens is 6. The highest BCUT2D eigenvalue weighted by Crippen LogP contribution is 2.27. The Labute approximate surface area is 172 Å². The highest BCUT2D eigenvalue weighted by molar-refractivity contribution is 5.87. The summed E-state index contributed by atoms with van der Waals surface area (Å²) < 4.78 is 1.81. The summed E-state index contributed by atoms with van der Waals surface area (Å²) in [5, 5.41) is 5.38. The molecule has 154 valence electrons. The standard InChI is InChI=1S/C21H30N8/c1-13(2)17-11-18(26-19(25-17)14(3)4)28-7-9-29(10-8-28)21-16-12-22-27(6)20(16)23-15(5)24-21/h11-14H,7-10H2,1-6H3. The first-order valence-corrected chi connectivity index (χ1v) is 10.4. The van der Waals surface area contributed by atoms with E-state index in [1.165, 1.54) is 0 Å². The van der Waals surface area contributed by atoms with Crippen LogP contribution < -0.4 is 9.80 Å². The number of aryl methyl sites for hydroxylation is 2. The number of fused-ring (bicyclic) bond motifs is 1. The van der Waals surface area contributed by atoms with Gasteiger partial charge in [-0.3, -0.25) is 4.68 Å². The van der Waals surface area contributed by atoms with Gasteiger partial charge in [-0.1, -0.05) is 27.7 Å². The summed E-state index contributed by atoms with van der Waals surface area (Å²) in [6.07, 6.45) is 1.87. The average Bonchev–Trinajstić information content (AvgIpc) is 3.07. The lowest BCUT2D eigenvalue weighted by Gasteiger charge is -2.36. The van der Waals surface area contributed by atoms with Crippen molar-refractivity contribution in [3.8, 4) is 0 Å². The molecule has 0 spiro atoms. The molecule has 0 aliphatic carbocycles. The molecule has 0 bridgehead atoms. The lowest BCUT2D eigenvalue weighted by atomic mass is 10.1. The minimum Gasteiger partial charge on any atom is -0.353 e. The van der Waals surface area contributed by atoms with Crippen molar-refractivity contribution < 1.29 is 0 Å². The lowest BCUT2D eigenvalue weighted by Crippen LogP contribution is -2.47. The highest BCUT2D eigenvalue weighted by Gasteiger charge is 2.23. The minimum atomic E-state index is 0.316. The zero-order chi connectivity index (χ0) is 20.7. The van der Waals surface area contributed by atoms with E-state index in [1.807, 2.05) is 24.9 Å². The summed E-state index contributed by atoms with van der Waals surface area (Å²) in [4.78, 5) is 23.6. The van der Waals surface area contributed by atoms with Crippen LogP contribution in [-0.2, 0) is 7.05 Å². The Kier molecular flexibility index (Phi) is 5.10. The van der Waals surface area contributed by atoms with Crippen LogP contribution in [-0.4, -0.2) is 55.9 Å². The molecule has 3 aromatic rings. The third-order valence-electron chi connectivity index (χ3n) is 5.44. The third kappa shape index (κ3) is 3.75. The van der Waals surface area contributed by atoms with Crippen LogP contribution >= 0.6 is 0 Å². The van der Waals surface area contributed by atoms with E-state index in [9.17, 15) is 0 Å². The molecule has 0 amide bonds. The summed E-state index contributed by atoms with van der Waals surface area (Å²) in [6.45, 7) is 14.2. The van der Waals surface area contributed by atoms with Crippen LogP contribution in [0.3, 0.4) is 0 Å². The van der Waals surface area contributed by atoms with E-state index in [4.69, 9.17) is 15.0 Å². The largest absolute Gasteiger partial charge is 0.353 e. The van der Waals surface area contributed by atoms with Crippen LogP contribution in [0.2, 0.25) is 0 Å². The first kappa shape index (κ1) is 19.5. The fourth-order valence-electron chi connectivity index (χ4n) is 3.69. The molecule has 1 aliphatic heterocycles. The molecule has 4 heterocycles. The van der Waals surface area contributed by atoms with Crippen LogP contribution in [0.5, 0.6) is 0 Å². The van der Waals surface area contributed by atoms with E-state index in [-0.39, 0.29) is 0 Å². The number of hydrogen-bond donors (Lipinski definition) is 0. The van der Waals surface area contributed by atoms with Gasteiger partial charge < -0.3 is 9.80 Å². The van der Waals surface area contributed by atoms with Crippen molar-refractivity contribution in [1.29, 1.82) is 0 Å². The second kappa shape index (κ2) is 7.57. The molecule has 1 saturated heterocycles. The fraction of sp³-hybridized carbons (Fsp3) is 0.571. The summed E-state index contributed by atoms with van der Waals surface area (Å²) >= 11 is 0. The molecule has 3 aromatic heterocycles. The van der Waals surface area contributed by atoms with Crippen molar-refractivity contribution in [3.05, 3.63) is 29.6 Å². The van der Waals surface area contributed by atoms with Crippen molar-refractivity contribution in [2.45, 2.75) is 46.5 Å². The van der Waals surface area contributed by atoms with Gasteiger partial charge in [0.25, 0.3) is 0 Å². The normalized spacial score (nSPS) is 15.2. The van der Waals surface area contributed by atoms with Crippen LogP contribution in [0.4, 0.5) is 11.6 Å². The molecule has 1 fully saturated rings. The van der Waals surface area contributed by atoms with Crippen molar-refractivity contribution in [1.82, 2.24) is 29.7 Å². The van der Waals surface area contributed by atoms with E-state index in [0.29, 0.717) is 11.8 Å². The van der Waals surface area contributed by atoms with E-state index in [1.54, 1.807) is 0 Å². The van der Waals surface area contributed by atoms with Gasteiger partial charge in [0.1, 0.15) is 23.3 Å². The second-order valence-electron chi connectivity index (χ2n) is 8.39. The maximum absolute atomic E-state index is 4.86. The van der Waals surface area contributed by atoms with Gasteiger partial charge in [-0.2, -0.15) is 5.10 Å². The molecule has 0 saturated carbocycles. The molecule has 0 unspecified atom stereocenters. The zero-order valence-electron chi connectivity index (χ0n) is 18.2. The zero-order valence-corrected chi connectivity index (χ0v) is 18.2. The Morgan fingerprint density at radius 3 is 2.21 bits per heavy atom. The molecular weight excluding hydrogens is 364 g/mol. The van der Waals surface area contributed by atoms with Crippen molar-refractivity contribution in [3.63, 3.8) is 0 Å². The van der Waals surface area contributed by atoms with Gasteiger partial charge in [-0.05, 0) is 12.8 Å². The van der Waals surface area contributed by atoms with Crippen molar-refractivity contribution in [2.75, 3.05) is 36.0 Å². The van der Waals surface area contributed by atoms with Gasteiger partial charge in [0.15, 0.2) is 5.65 Å². The Balaban J connectivity index is 1.58. The first-order valence-electron chi connectivity index (χ1n) is 10.4. The molecule has 1 aliphatic rings. The van der Waals surface area contributed by atoms with Gasteiger partial charge >= 0.3 is 0 Å². The third-order valence-corrected chi connectivity index (χ3v) is 5.44. The quantitative estimate of drug-likeness (QED) is 0.673. The minimum absolute atomic E-state index is 0.316. The summed E-state index contributed by atoms with van der Waals surface area (Å²) in [7, 11) is 1.92. The van der Waals surface area contributed by atoms with E-state index in [0.717, 1.165) is 66.2 Å². The average molecular weight is 395 g/mol. The molecule has 0 N–H and O–H groups in total. The SMILES string of the molecule is Cc1nc(N2CCN(c3cc(C(C)C)nc(C(C)C)n3)CC2)c2cnn(C)c2n1. The molecular formula is C21H30N8. The number of anilines is 2. The highest BCUT2D eigenvalue weighted by atomic mass is 15.3. The topological polar surface area (TPSA) is 75.9 Å². The van der Waals surface area contributed by atoms with Gasteiger partial charge in [0.2, 0.25) is 0 Å². The van der Waals surface area contributed by atoms with Crippen molar-refractivity contribution >= 4 is 22.7 Å². The summed E-state index contributed by atoms with van der Waals surface area (Å²) in [6, 6.07) is 2.15. The van der Waals surface area contributed by atoms with Crippen LogP contribution in [0.1, 0.15) is 56.9 Å². The first-order chi connectivity index (χ1) is 13.8. The second-order valence-corrected chi connectivity index (χ2v) is 8.39. The molecule has 0 aromatic carbocycles. The van der Waals surface area contributed by atoms with Gasteiger partial charge in [0.05, 0.1) is 11.6 Å². The number of piperazine rings is 1. The summed E-state index contributed by atoms with van der Waals surface area (Å²) in [5.41, 5.74) is 2.00. The summed E-state index contributed by atoms with van der Waals surface area (Å²) in [5.74, 6) is 4.43. The lowest BCUT2D eigenvalue weighted by molar-refractivity contribution is 0.633. The van der Waals surface area contributed by atoms with Crippen LogP contribution in [0, 0.1) is 6.92 Å². The Morgan fingerprint density at radius 2 is 1.55 bits per heavy atom. The Morgan fingerprint density at radius 1 is 0.862 bits per heavy atom. The van der Waals surface area contributed by atoms with Gasteiger partial charge in [0, 0.05) is 50.9 Å². The monoisotopic (exact) mass is 394 g/mol. The van der Waals surface area contributed by atoms with Gasteiger partial charge in [-0.15, -0.1) is 0 Å². The van der Waals surface area contributed by atoms with Crippen LogP contribution in [0.15, 0.2) is 12.3 Å². The number of nitrogens with zero attached hydrogens (tertiary/aromatic N) is 8. The Hall–Kier alpha value is -2.77. The number of hydrogen-bond acceptors (Lipinski definition) is 7. The molecule has 0 radical (unpaired) electrons. The molecule has 8 heteroatoms. The Bertz CT molecular complexity index is 989. The smallest absolute Gasteiger partial charge is 0.163 e. The van der Waals surface area contributed by atoms with E-state index >= 15 is 0 Å². The van der Waals surface area contributed by atoms with E-state index in [2.05, 4.69) is 53.6 Å². The molecule has 4 rings (SSSR count). The predicted molar refractivity (Wildman–Crippen MR) is 116 cm³/mol. The predicted octanol–water partition coefficient (Wildman–Crippen LogP) is 3.04. The number of rotatable bonds is 4. The van der Waals surface area contributed by atoms with Crippen LogP contribution in [0.25, 0.3) is 11.0 Å². The van der Waals surface area contributed by atoms with Crippen molar-refractivity contribution in [2.24, 2.45) is 7.05 Å². The molecule has 0 atom stereocenters. The molecule has 29 heavy (non-hydrogen) atoms. The van der Waals surface area contributed by atoms with E-state index < -0.39 is 0 Å². The van der Waals surface area contributed by atoms with Gasteiger partial charge in [-0.25, -0.2) is 19.9 Å². The fourth-order valence-corrected chi connectivity index (χ4v) is 3.69.